The van der Waals surface area contributed by atoms with Crippen LogP contribution in [0, 0.1) is 0 Å². The van der Waals surface area contributed by atoms with Gasteiger partial charge in [0.05, 0.1) is 4.90 Å². The van der Waals surface area contributed by atoms with Gasteiger partial charge in [0.15, 0.2) is 0 Å². The molecule has 0 fully saturated rings. The van der Waals surface area contributed by atoms with Crippen molar-refractivity contribution >= 4 is 46.6 Å². The van der Waals surface area contributed by atoms with Crippen molar-refractivity contribution in [1.82, 2.24) is 9.97 Å². The van der Waals surface area contributed by atoms with Gasteiger partial charge in [0.1, 0.15) is 10.3 Å². The minimum atomic E-state index is 0.0485. The van der Waals surface area contributed by atoms with E-state index < -0.39 is 0 Å². The van der Waals surface area contributed by atoms with E-state index in [0.717, 1.165) is 4.90 Å². The lowest BCUT2D eigenvalue weighted by molar-refractivity contribution is 1.10. The van der Waals surface area contributed by atoms with Gasteiger partial charge in [-0.15, -0.1) is 0 Å². The maximum atomic E-state index is 5.94. The molecule has 1 heterocycles. The highest BCUT2D eigenvalue weighted by Gasteiger charge is 2.12. The van der Waals surface area contributed by atoms with E-state index in [0.29, 0.717) is 4.90 Å². The molecule has 0 aliphatic carbocycles. The Kier molecular flexibility index (Phi) is 3.92. The Bertz CT molecular complexity index is 482. The van der Waals surface area contributed by atoms with Crippen LogP contribution >= 0.6 is 46.6 Å². The molecule has 2 nitrogen and oxygen atoms in total. The van der Waals surface area contributed by atoms with Crippen molar-refractivity contribution in [2.75, 3.05) is 0 Å². The van der Waals surface area contributed by atoms with Crippen LogP contribution in [0.5, 0.6) is 0 Å². The summed E-state index contributed by atoms with van der Waals surface area (Å²) in [6.45, 7) is 0. The molecule has 0 radical (unpaired) electrons. The van der Waals surface area contributed by atoms with Crippen LogP contribution in [0.15, 0.2) is 40.1 Å². The molecule has 16 heavy (non-hydrogen) atoms. The van der Waals surface area contributed by atoms with Crippen molar-refractivity contribution in [2.45, 2.75) is 9.79 Å². The second kappa shape index (κ2) is 5.23. The van der Waals surface area contributed by atoms with Gasteiger partial charge in [0, 0.05) is 4.90 Å². The fourth-order valence-corrected chi connectivity index (χ4v) is 2.73. The summed E-state index contributed by atoms with van der Waals surface area (Å²) >= 11 is 18.9. The zero-order valence-electron chi connectivity index (χ0n) is 7.82. The summed E-state index contributed by atoms with van der Waals surface area (Å²) in [4.78, 5) is 9.31. The molecule has 1 aromatic carbocycles. The maximum Gasteiger partial charge on any atom is 0.225 e. The Morgan fingerprint density at radius 2 is 1.44 bits per heavy atom. The van der Waals surface area contributed by atoms with Gasteiger partial charge < -0.3 is 0 Å². The van der Waals surface area contributed by atoms with E-state index in [4.69, 9.17) is 34.8 Å². The lowest BCUT2D eigenvalue weighted by atomic mass is 10.4. The SMILES string of the molecule is Clc1nc(Cl)c(Sc2ccccc2)c(Cl)n1. The van der Waals surface area contributed by atoms with Gasteiger partial charge in [-0.25, -0.2) is 9.97 Å². The zero-order valence-corrected chi connectivity index (χ0v) is 10.9. The van der Waals surface area contributed by atoms with Crippen molar-refractivity contribution in [3.05, 3.63) is 45.9 Å². The van der Waals surface area contributed by atoms with Crippen molar-refractivity contribution in [3.63, 3.8) is 0 Å². The quantitative estimate of drug-likeness (QED) is 0.598. The largest absolute Gasteiger partial charge is 0.225 e. The highest BCUT2D eigenvalue weighted by atomic mass is 35.5. The molecule has 0 bridgehead atoms. The molecule has 82 valence electrons. The molecule has 2 rings (SSSR count). The van der Waals surface area contributed by atoms with Gasteiger partial charge >= 0.3 is 0 Å². The number of rotatable bonds is 2. The van der Waals surface area contributed by atoms with E-state index in [1.54, 1.807) is 0 Å². The van der Waals surface area contributed by atoms with Crippen LogP contribution in [0.1, 0.15) is 0 Å². The van der Waals surface area contributed by atoms with E-state index in [9.17, 15) is 0 Å². The number of aromatic nitrogens is 2. The third-order valence-electron chi connectivity index (χ3n) is 1.72. The van der Waals surface area contributed by atoms with E-state index in [1.807, 2.05) is 30.3 Å². The summed E-state index contributed by atoms with van der Waals surface area (Å²) in [5.74, 6) is 0. The summed E-state index contributed by atoms with van der Waals surface area (Å²) in [6, 6.07) is 9.70. The number of nitrogens with zero attached hydrogens (tertiary/aromatic N) is 2. The summed E-state index contributed by atoms with van der Waals surface area (Å²) < 4.78 is 0. The van der Waals surface area contributed by atoms with Gasteiger partial charge in [0.25, 0.3) is 0 Å². The molecule has 6 heteroatoms. The van der Waals surface area contributed by atoms with E-state index in [2.05, 4.69) is 9.97 Å². The summed E-state index contributed by atoms with van der Waals surface area (Å²) in [5, 5.41) is 0.574. The minimum absolute atomic E-state index is 0.0485. The highest BCUT2D eigenvalue weighted by molar-refractivity contribution is 7.99. The predicted molar refractivity (Wildman–Crippen MR) is 67.6 cm³/mol. The van der Waals surface area contributed by atoms with Crippen LogP contribution in [-0.2, 0) is 0 Å². The second-order valence-electron chi connectivity index (χ2n) is 2.82. The van der Waals surface area contributed by atoms with Crippen LogP contribution in [0.25, 0.3) is 0 Å². The van der Waals surface area contributed by atoms with E-state index >= 15 is 0 Å². The Morgan fingerprint density at radius 3 is 2.00 bits per heavy atom. The summed E-state index contributed by atoms with van der Waals surface area (Å²) in [6.07, 6.45) is 0. The normalized spacial score (nSPS) is 10.4. The molecule has 1 aromatic heterocycles. The number of hydrogen-bond donors (Lipinski definition) is 0. The zero-order chi connectivity index (χ0) is 11.5. The first kappa shape index (κ1) is 12.0. The monoisotopic (exact) mass is 290 g/mol. The number of benzene rings is 1. The molecule has 0 saturated heterocycles. The smallest absolute Gasteiger partial charge is 0.205 e. The van der Waals surface area contributed by atoms with E-state index in [-0.39, 0.29) is 15.6 Å². The van der Waals surface area contributed by atoms with Gasteiger partial charge in [-0.05, 0) is 23.7 Å². The van der Waals surface area contributed by atoms with Crippen molar-refractivity contribution < 1.29 is 0 Å². The van der Waals surface area contributed by atoms with Crippen LogP contribution in [0.4, 0.5) is 0 Å². The maximum absolute atomic E-state index is 5.94. The molecule has 0 amide bonds. The average Bonchev–Trinajstić information content (AvgIpc) is 2.25. The third kappa shape index (κ3) is 2.80. The number of hydrogen-bond acceptors (Lipinski definition) is 3. The summed E-state index contributed by atoms with van der Waals surface area (Å²) in [5.41, 5.74) is 0. The van der Waals surface area contributed by atoms with Crippen molar-refractivity contribution in [2.24, 2.45) is 0 Å². The van der Waals surface area contributed by atoms with Gasteiger partial charge in [-0.2, -0.15) is 0 Å². The van der Waals surface area contributed by atoms with Crippen LogP contribution in [0.2, 0.25) is 15.6 Å². The van der Waals surface area contributed by atoms with Crippen molar-refractivity contribution in [1.29, 1.82) is 0 Å². The third-order valence-corrected chi connectivity index (χ3v) is 3.76. The first-order valence-corrected chi connectivity index (χ1v) is 6.23. The predicted octanol–water partition coefficient (Wildman–Crippen LogP) is 4.59. The molecule has 0 unspecified atom stereocenters. The standard InChI is InChI=1S/C10H5Cl3N2S/c11-8-7(9(12)15-10(13)14-8)16-6-4-2-1-3-5-6/h1-5H. The Labute approximate surface area is 112 Å². The van der Waals surface area contributed by atoms with Gasteiger partial charge in [-0.3, -0.25) is 0 Å². The fourth-order valence-electron chi connectivity index (χ4n) is 1.06. The molecule has 0 saturated carbocycles. The summed E-state index contributed by atoms with van der Waals surface area (Å²) in [7, 11) is 0. The van der Waals surface area contributed by atoms with Crippen LogP contribution in [-0.4, -0.2) is 9.97 Å². The first-order valence-electron chi connectivity index (χ1n) is 4.28. The Hall–Kier alpha value is -0.480. The van der Waals surface area contributed by atoms with Crippen LogP contribution < -0.4 is 0 Å². The minimum Gasteiger partial charge on any atom is -0.205 e. The molecular formula is C10H5Cl3N2S. The molecule has 0 aliphatic rings. The number of halogens is 3. The van der Waals surface area contributed by atoms with Crippen molar-refractivity contribution in [3.8, 4) is 0 Å². The van der Waals surface area contributed by atoms with Gasteiger partial charge in [0.2, 0.25) is 5.28 Å². The molecule has 0 atom stereocenters. The molecule has 0 spiro atoms. The Morgan fingerprint density at radius 1 is 0.875 bits per heavy atom. The van der Waals surface area contributed by atoms with Crippen LogP contribution in [0.3, 0.4) is 0 Å². The topological polar surface area (TPSA) is 25.8 Å². The van der Waals surface area contributed by atoms with E-state index in [1.165, 1.54) is 11.8 Å². The fraction of sp³-hybridized carbons (Fsp3) is 0. The lowest BCUT2D eigenvalue weighted by Crippen LogP contribution is -1.88. The molecule has 0 aliphatic heterocycles. The van der Waals surface area contributed by atoms with Gasteiger partial charge in [-0.1, -0.05) is 53.2 Å². The second-order valence-corrected chi connectivity index (χ2v) is 4.96. The molecule has 0 N–H and O–H groups in total. The highest BCUT2D eigenvalue weighted by Crippen LogP contribution is 2.36. The Balaban J connectivity index is 2.35. The first-order chi connectivity index (χ1) is 7.66. The lowest BCUT2D eigenvalue weighted by Gasteiger charge is -2.05. The molecular weight excluding hydrogens is 287 g/mol. The molecule has 2 aromatic rings. The average molecular weight is 292 g/mol.